The molecular formula is C23H27ClN4O3. The molecule has 31 heavy (non-hydrogen) atoms. The number of piperidine rings is 1. The molecule has 0 bridgehead atoms. The van der Waals surface area contributed by atoms with Crippen molar-refractivity contribution in [1.82, 2.24) is 9.91 Å². The number of nitrogen functional groups attached to an aromatic ring is 1. The molecule has 2 aromatic carbocycles. The summed E-state index contributed by atoms with van der Waals surface area (Å²) >= 11 is 6.31. The van der Waals surface area contributed by atoms with Crippen LogP contribution in [0.4, 0.5) is 5.69 Å². The minimum Gasteiger partial charge on any atom is -0.485 e. The minimum absolute atomic E-state index is 0.364. The Morgan fingerprint density at radius 3 is 2.55 bits per heavy atom. The largest absolute Gasteiger partial charge is 0.485 e. The number of hydrazone groups is 1. The number of halogens is 1. The summed E-state index contributed by atoms with van der Waals surface area (Å²) in [6.07, 6.45) is 3.22. The fraction of sp³-hybridized carbons (Fsp3) is 0.435. The van der Waals surface area contributed by atoms with Gasteiger partial charge in [0, 0.05) is 19.6 Å². The minimum atomic E-state index is 0.364. The third-order valence-corrected chi connectivity index (χ3v) is 6.43. The Hall–Kier alpha value is -2.64. The molecule has 3 aliphatic rings. The number of rotatable bonds is 5. The van der Waals surface area contributed by atoms with Gasteiger partial charge in [-0.3, -0.25) is 5.01 Å². The molecule has 0 radical (unpaired) electrons. The highest BCUT2D eigenvalue weighted by Gasteiger charge is 2.32. The van der Waals surface area contributed by atoms with E-state index in [-0.39, 0.29) is 0 Å². The second-order valence-corrected chi connectivity index (χ2v) is 8.51. The van der Waals surface area contributed by atoms with E-state index in [1.54, 1.807) is 6.07 Å². The highest BCUT2D eigenvalue weighted by Crippen LogP contribution is 2.44. The summed E-state index contributed by atoms with van der Waals surface area (Å²) in [7, 11) is 0. The quantitative estimate of drug-likeness (QED) is 0.716. The summed E-state index contributed by atoms with van der Waals surface area (Å²) in [6, 6.07) is 12.8. The van der Waals surface area contributed by atoms with Gasteiger partial charge in [0.15, 0.2) is 18.2 Å². The van der Waals surface area contributed by atoms with Crippen molar-refractivity contribution in [2.75, 3.05) is 45.3 Å². The number of anilines is 1. The van der Waals surface area contributed by atoms with Crippen molar-refractivity contribution in [3.05, 3.63) is 52.5 Å². The van der Waals surface area contributed by atoms with Crippen LogP contribution in [0.1, 0.15) is 24.0 Å². The predicted molar refractivity (Wildman–Crippen MR) is 121 cm³/mol. The molecule has 0 saturated carbocycles. The van der Waals surface area contributed by atoms with E-state index < -0.39 is 0 Å². The lowest BCUT2D eigenvalue weighted by Gasteiger charge is -2.34. The lowest BCUT2D eigenvalue weighted by molar-refractivity contribution is 0.0732. The van der Waals surface area contributed by atoms with Gasteiger partial charge in [0.1, 0.15) is 13.2 Å². The van der Waals surface area contributed by atoms with Crippen LogP contribution >= 0.6 is 11.6 Å². The van der Waals surface area contributed by atoms with Gasteiger partial charge in [0.05, 0.1) is 22.3 Å². The van der Waals surface area contributed by atoms with E-state index in [1.165, 1.54) is 5.56 Å². The molecule has 1 fully saturated rings. The smallest absolute Gasteiger partial charge is 0.244 e. The van der Waals surface area contributed by atoms with Crippen molar-refractivity contribution in [2.45, 2.75) is 25.3 Å². The molecule has 1 saturated heterocycles. The molecule has 0 atom stereocenters. The average Bonchev–Trinajstić information content (AvgIpc) is 3.31. The van der Waals surface area contributed by atoms with Gasteiger partial charge in [0.2, 0.25) is 5.90 Å². The van der Waals surface area contributed by atoms with Crippen LogP contribution in [-0.2, 0) is 11.2 Å². The molecule has 2 N–H and O–H groups in total. The van der Waals surface area contributed by atoms with Crippen LogP contribution in [0.3, 0.4) is 0 Å². The maximum atomic E-state index is 6.31. The van der Waals surface area contributed by atoms with Gasteiger partial charge in [-0.05, 0) is 30.9 Å². The van der Waals surface area contributed by atoms with Crippen molar-refractivity contribution in [1.29, 1.82) is 0 Å². The van der Waals surface area contributed by atoms with Crippen molar-refractivity contribution in [2.24, 2.45) is 5.10 Å². The topological polar surface area (TPSA) is 72.6 Å². The Morgan fingerprint density at radius 2 is 1.77 bits per heavy atom. The van der Waals surface area contributed by atoms with Crippen LogP contribution in [0.25, 0.3) is 0 Å². The van der Waals surface area contributed by atoms with E-state index in [1.807, 2.05) is 5.01 Å². The highest BCUT2D eigenvalue weighted by molar-refractivity contribution is 6.34. The molecule has 0 unspecified atom stereocenters. The van der Waals surface area contributed by atoms with Gasteiger partial charge < -0.3 is 24.8 Å². The highest BCUT2D eigenvalue weighted by atomic mass is 35.5. The second kappa shape index (κ2) is 8.85. The monoisotopic (exact) mass is 442 g/mol. The first-order chi connectivity index (χ1) is 15.2. The van der Waals surface area contributed by atoms with Crippen LogP contribution in [0.2, 0.25) is 5.02 Å². The lowest BCUT2D eigenvalue weighted by atomic mass is 10.0. The van der Waals surface area contributed by atoms with E-state index in [2.05, 4.69) is 35.2 Å². The van der Waals surface area contributed by atoms with Crippen molar-refractivity contribution < 1.29 is 14.2 Å². The lowest BCUT2D eigenvalue weighted by Crippen LogP contribution is -2.43. The number of ether oxygens (including phenoxy) is 3. The molecular weight excluding hydrogens is 416 g/mol. The van der Waals surface area contributed by atoms with Crippen LogP contribution in [0.5, 0.6) is 11.5 Å². The maximum absolute atomic E-state index is 6.31. The number of hydrogen-bond acceptors (Lipinski definition) is 7. The average molecular weight is 443 g/mol. The first-order valence-electron chi connectivity index (χ1n) is 10.8. The normalized spacial score (nSPS) is 19.3. The van der Waals surface area contributed by atoms with Gasteiger partial charge >= 0.3 is 0 Å². The first-order valence-corrected chi connectivity index (χ1v) is 11.2. The van der Waals surface area contributed by atoms with Gasteiger partial charge in [-0.1, -0.05) is 41.9 Å². The Balaban J connectivity index is 1.22. The zero-order chi connectivity index (χ0) is 21.2. The van der Waals surface area contributed by atoms with E-state index in [9.17, 15) is 0 Å². The van der Waals surface area contributed by atoms with Gasteiger partial charge in [-0.2, -0.15) is 0 Å². The SMILES string of the molecule is Nc1c(Cl)cc(C2=NN(C3CCN(CCc4ccccc4)CC3)CO2)c2c1OCCO2. The van der Waals surface area contributed by atoms with Gasteiger partial charge in [-0.25, -0.2) is 0 Å². The summed E-state index contributed by atoms with van der Waals surface area (Å²) in [4.78, 5) is 2.53. The summed E-state index contributed by atoms with van der Waals surface area (Å²) in [5.41, 5.74) is 8.53. The van der Waals surface area contributed by atoms with Crippen LogP contribution in [0, 0.1) is 0 Å². The fourth-order valence-corrected chi connectivity index (χ4v) is 4.54. The van der Waals surface area contributed by atoms with Crippen molar-refractivity contribution in [3.8, 4) is 11.5 Å². The summed E-state index contributed by atoms with van der Waals surface area (Å²) in [5, 5.41) is 7.21. The molecule has 3 aliphatic heterocycles. The van der Waals surface area contributed by atoms with E-state index in [4.69, 9.17) is 36.6 Å². The first kappa shape index (κ1) is 20.3. The number of fused-ring (bicyclic) bond motifs is 1. The zero-order valence-corrected chi connectivity index (χ0v) is 18.2. The summed E-state index contributed by atoms with van der Waals surface area (Å²) < 4.78 is 17.4. The summed E-state index contributed by atoms with van der Waals surface area (Å²) in [6.45, 7) is 4.56. The zero-order valence-electron chi connectivity index (χ0n) is 17.4. The van der Waals surface area contributed by atoms with Gasteiger partial charge in [-0.15, -0.1) is 5.10 Å². The van der Waals surface area contributed by atoms with E-state index in [0.29, 0.717) is 59.7 Å². The van der Waals surface area contributed by atoms with Crippen LogP contribution in [0.15, 0.2) is 41.5 Å². The second-order valence-electron chi connectivity index (χ2n) is 8.10. The molecule has 2 aromatic rings. The van der Waals surface area contributed by atoms with Gasteiger partial charge in [0.25, 0.3) is 0 Å². The van der Waals surface area contributed by atoms with Crippen LogP contribution < -0.4 is 15.2 Å². The number of nitrogens with two attached hydrogens (primary N) is 1. The third-order valence-electron chi connectivity index (χ3n) is 6.12. The third kappa shape index (κ3) is 4.25. The predicted octanol–water partition coefficient (Wildman–Crippen LogP) is 3.35. The van der Waals surface area contributed by atoms with Crippen molar-refractivity contribution in [3.63, 3.8) is 0 Å². The fourth-order valence-electron chi connectivity index (χ4n) is 4.35. The molecule has 3 heterocycles. The molecule has 8 heteroatoms. The number of benzene rings is 2. The molecule has 164 valence electrons. The number of likely N-dealkylation sites (tertiary alicyclic amines) is 1. The molecule has 5 rings (SSSR count). The Morgan fingerprint density at radius 1 is 1.03 bits per heavy atom. The van der Waals surface area contributed by atoms with Crippen LogP contribution in [-0.4, -0.2) is 61.4 Å². The number of nitrogens with zero attached hydrogens (tertiary/aromatic N) is 3. The molecule has 0 spiro atoms. The Bertz CT molecular complexity index is 961. The standard InChI is InChI=1S/C23H27ClN4O3/c24-19-14-18(21-22(20(19)25)30-13-12-29-21)23-26-28(15-31-23)17-7-10-27(11-8-17)9-6-16-4-2-1-3-5-16/h1-5,14,17H,6-13,15,25H2. The molecule has 0 amide bonds. The van der Waals surface area contributed by atoms with Crippen molar-refractivity contribution >= 4 is 23.2 Å². The summed E-state index contributed by atoms with van der Waals surface area (Å²) in [5.74, 6) is 1.55. The van der Waals surface area contributed by atoms with E-state index >= 15 is 0 Å². The molecule has 0 aromatic heterocycles. The number of hydrogen-bond donors (Lipinski definition) is 1. The molecule has 7 nitrogen and oxygen atoms in total. The Kier molecular flexibility index (Phi) is 5.78. The van der Waals surface area contributed by atoms with E-state index in [0.717, 1.165) is 38.9 Å². The Labute approximate surface area is 187 Å². The maximum Gasteiger partial charge on any atom is 0.244 e. The molecule has 0 aliphatic carbocycles.